The molecule has 5 aromatic heterocycles. The molecule has 0 saturated carbocycles. The van der Waals surface area contributed by atoms with Gasteiger partial charge in [-0.3, -0.25) is 14.9 Å². The molecule has 3 N–H and O–H groups in total. The smallest absolute Gasteiger partial charge is 0.224 e. The molecule has 10 nitrogen and oxygen atoms in total. The van der Waals surface area contributed by atoms with E-state index in [-0.39, 0.29) is 16.9 Å². The quantitative estimate of drug-likeness (QED) is 0.336. The zero-order chi connectivity index (χ0) is 24.6. The molecule has 0 aromatic carbocycles. The lowest BCUT2D eigenvalue weighted by molar-refractivity contribution is -0.115. The van der Waals surface area contributed by atoms with Gasteiger partial charge in [0.15, 0.2) is 17.3 Å². The first kappa shape index (κ1) is 22.1. The molecule has 6 rings (SSSR count). The molecule has 1 aliphatic heterocycles. The van der Waals surface area contributed by atoms with Gasteiger partial charge in [-0.1, -0.05) is 6.92 Å². The van der Waals surface area contributed by atoms with E-state index in [1.807, 2.05) is 6.07 Å². The van der Waals surface area contributed by atoms with Crippen molar-refractivity contribution in [1.82, 2.24) is 35.1 Å². The summed E-state index contributed by atoms with van der Waals surface area (Å²) >= 11 is 0. The number of aromatic amines is 2. The second-order valence-electron chi connectivity index (χ2n) is 8.81. The lowest BCUT2D eigenvalue weighted by atomic mass is 10.1. The van der Waals surface area contributed by atoms with Gasteiger partial charge in [-0.2, -0.15) is 5.10 Å². The Morgan fingerprint density at radius 3 is 2.86 bits per heavy atom. The number of amides is 1. The van der Waals surface area contributed by atoms with Crippen molar-refractivity contribution in [3.63, 3.8) is 0 Å². The largest absolute Gasteiger partial charge is 0.355 e. The predicted molar refractivity (Wildman–Crippen MR) is 135 cm³/mol. The Hall–Kier alpha value is -4.41. The summed E-state index contributed by atoms with van der Waals surface area (Å²) in [5, 5.41) is 10.1. The third-order valence-electron chi connectivity index (χ3n) is 6.44. The van der Waals surface area contributed by atoms with Crippen LogP contribution in [0.1, 0.15) is 32.6 Å². The van der Waals surface area contributed by atoms with Crippen molar-refractivity contribution in [2.45, 2.75) is 32.6 Å². The summed E-state index contributed by atoms with van der Waals surface area (Å²) in [5.41, 5.74) is 3.41. The molecule has 1 aliphatic rings. The molecule has 5 aromatic rings. The molecule has 0 spiro atoms. The minimum atomic E-state index is -0.501. The topological polar surface area (TPSA) is 128 Å². The molecular weight excluding hydrogens is 461 g/mol. The first-order valence-electron chi connectivity index (χ1n) is 12.0. The number of anilines is 2. The van der Waals surface area contributed by atoms with Gasteiger partial charge in [0, 0.05) is 49.2 Å². The molecular formula is C25H24FN9O. The maximum absolute atomic E-state index is 15.9. The normalized spacial score (nSPS) is 14.0. The van der Waals surface area contributed by atoms with Crippen molar-refractivity contribution in [2.75, 3.05) is 23.3 Å². The molecule has 1 saturated heterocycles. The van der Waals surface area contributed by atoms with Gasteiger partial charge < -0.3 is 15.2 Å². The fraction of sp³-hybridized carbons (Fsp3) is 0.280. The lowest BCUT2D eigenvalue weighted by Gasteiger charge is -2.27. The number of halogens is 1. The standard InChI is InChI=1S/C25H24FN9O/c1-2-18(36)30-15-10-14(11-27-12-15)16-13-29-23-19(20(16)26)22(33-34-23)24-31-17-6-7-28-25(21(17)32-24)35-8-4-3-5-9-35/h6-7,10-13H,2-5,8-9H2,1H3,(H,30,36)(H,31,32)(H,29,33,34). The summed E-state index contributed by atoms with van der Waals surface area (Å²) in [6, 6.07) is 3.53. The number of rotatable bonds is 5. The molecule has 0 unspecified atom stereocenters. The van der Waals surface area contributed by atoms with Gasteiger partial charge in [0.05, 0.1) is 22.8 Å². The zero-order valence-corrected chi connectivity index (χ0v) is 19.7. The molecule has 36 heavy (non-hydrogen) atoms. The Morgan fingerprint density at radius 2 is 2.03 bits per heavy atom. The molecule has 182 valence electrons. The number of hydrogen-bond acceptors (Lipinski definition) is 7. The Kier molecular flexibility index (Phi) is 5.51. The summed E-state index contributed by atoms with van der Waals surface area (Å²) in [5.74, 6) is 0.607. The highest BCUT2D eigenvalue weighted by molar-refractivity contribution is 5.96. The van der Waals surface area contributed by atoms with E-state index in [9.17, 15) is 4.79 Å². The molecule has 11 heteroatoms. The van der Waals surface area contributed by atoms with Gasteiger partial charge in [0.1, 0.15) is 17.0 Å². The second kappa shape index (κ2) is 8.99. The number of H-pyrrole nitrogens is 2. The molecule has 6 heterocycles. The number of nitrogens with zero attached hydrogens (tertiary/aromatic N) is 6. The number of imidazole rings is 1. The Balaban J connectivity index is 1.43. The third-order valence-corrected chi connectivity index (χ3v) is 6.44. The highest BCUT2D eigenvalue weighted by Gasteiger charge is 2.23. The number of nitrogens with one attached hydrogen (secondary N) is 3. The summed E-state index contributed by atoms with van der Waals surface area (Å²) in [6.45, 7) is 3.63. The van der Waals surface area contributed by atoms with Crippen molar-refractivity contribution in [3.8, 4) is 22.6 Å². The summed E-state index contributed by atoms with van der Waals surface area (Å²) in [6.07, 6.45) is 10.0. The highest BCUT2D eigenvalue weighted by Crippen LogP contribution is 2.34. The predicted octanol–water partition coefficient (Wildman–Crippen LogP) is 4.44. The van der Waals surface area contributed by atoms with Crippen LogP contribution in [0.3, 0.4) is 0 Å². The van der Waals surface area contributed by atoms with Gasteiger partial charge in [-0.25, -0.2) is 19.3 Å². The minimum absolute atomic E-state index is 0.150. The van der Waals surface area contributed by atoms with E-state index in [4.69, 9.17) is 4.98 Å². The number of carbonyl (C=O) groups excluding carboxylic acids is 1. The van der Waals surface area contributed by atoms with Crippen molar-refractivity contribution < 1.29 is 9.18 Å². The van der Waals surface area contributed by atoms with Crippen molar-refractivity contribution >= 4 is 39.5 Å². The number of fused-ring (bicyclic) bond motifs is 2. The summed E-state index contributed by atoms with van der Waals surface area (Å²) in [4.78, 5) is 35.2. The van der Waals surface area contributed by atoms with E-state index in [1.54, 1.807) is 19.2 Å². The minimum Gasteiger partial charge on any atom is -0.355 e. The zero-order valence-electron chi connectivity index (χ0n) is 19.7. The van der Waals surface area contributed by atoms with Gasteiger partial charge >= 0.3 is 0 Å². The van der Waals surface area contributed by atoms with E-state index >= 15 is 4.39 Å². The van der Waals surface area contributed by atoms with Crippen LogP contribution in [0, 0.1) is 5.82 Å². The summed E-state index contributed by atoms with van der Waals surface area (Å²) in [7, 11) is 0. The fourth-order valence-electron chi connectivity index (χ4n) is 4.60. The van der Waals surface area contributed by atoms with Crippen LogP contribution >= 0.6 is 0 Å². The van der Waals surface area contributed by atoms with Crippen molar-refractivity contribution in [3.05, 3.63) is 42.7 Å². The number of hydrogen-bond donors (Lipinski definition) is 3. The lowest BCUT2D eigenvalue weighted by Crippen LogP contribution is -2.30. The molecule has 1 fully saturated rings. The molecule has 1 amide bonds. The van der Waals surface area contributed by atoms with Crippen LogP contribution in [0.4, 0.5) is 15.9 Å². The SMILES string of the molecule is CCC(=O)Nc1cncc(-c2cnc3[nH]nc(-c4nc5c(N6CCCCC6)nccc5[nH]4)c3c2F)c1. The van der Waals surface area contributed by atoms with Gasteiger partial charge in [0.25, 0.3) is 0 Å². The first-order valence-corrected chi connectivity index (χ1v) is 12.0. The highest BCUT2D eigenvalue weighted by atomic mass is 19.1. The average Bonchev–Trinajstić information content (AvgIpc) is 3.54. The second-order valence-corrected chi connectivity index (χ2v) is 8.81. The number of aromatic nitrogens is 7. The van der Waals surface area contributed by atoms with Crippen LogP contribution in [-0.2, 0) is 4.79 Å². The fourth-order valence-corrected chi connectivity index (χ4v) is 4.60. The van der Waals surface area contributed by atoms with Crippen LogP contribution in [0.25, 0.3) is 44.7 Å². The van der Waals surface area contributed by atoms with E-state index in [2.05, 4.69) is 40.3 Å². The number of piperidine rings is 1. The maximum Gasteiger partial charge on any atom is 0.224 e. The molecule has 0 radical (unpaired) electrons. The van der Waals surface area contributed by atoms with Crippen LogP contribution < -0.4 is 10.2 Å². The van der Waals surface area contributed by atoms with Crippen LogP contribution in [-0.4, -0.2) is 54.1 Å². The molecule has 0 aliphatic carbocycles. The first-order chi connectivity index (χ1) is 17.6. The Bertz CT molecular complexity index is 1590. The number of pyridine rings is 3. The maximum atomic E-state index is 15.9. The summed E-state index contributed by atoms with van der Waals surface area (Å²) < 4.78 is 15.9. The molecule has 0 bridgehead atoms. The van der Waals surface area contributed by atoms with Crippen LogP contribution in [0.2, 0.25) is 0 Å². The number of carbonyl (C=O) groups is 1. The van der Waals surface area contributed by atoms with E-state index in [0.29, 0.717) is 34.8 Å². The van der Waals surface area contributed by atoms with E-state index < -0.39 is 5.82 Å². The van der Waals surface area contributed by atoms with Gasteiger partial charge in [-0.15, -0.1) is 0 Å². The van der Waals surface area contributed by atoms with Gasteiger partial charge in [-0.05, 0) is 31.4 Å². The van der Waals surface area contributed by atoms with E-state index in [1.165, 1.54) is 25.0 Å². The van der Waals surface area contributed by atoms with Crippen molar-refractivity contribution in [1.29, 1.82) is 0 Å². The monoisotopic (exact) mass is 485 g/mol. The van der Waals surface area contributed by atoms with Crippen molar-refractivity contribution in [2.24, 2.45) is 0 Å². The van der Waals surface area contributed by atoms with E-state index in [0.717, 1.165) is 42.8 Å². The van der Waals surface area contributed by atoms with Crippen LogP contribution in [0.15, 0.2) is 36.9 Å². The molecule has 0 atom stereocenters. The van der Waals surface area contributed by atoms with Crippen LogP contribution in [0.5, 0.6) is 0 Å². The Morgan fingerprint density at radius 1 is 1.17 bits per heavy atom. The third kappa shape index (κ3) is 3.82. The average molecular weight is 486 g/mol. The Labute approximate surface area is 205 Å². The van der Waals surface area contributed by atoms with Gasteiger partial charge in [0.2, 0.25) is 5.91 Å².